The summed E-state index contributed by atoms with van der Waals surface area (Å²) in [7, 11) is 0. The fourth-order valence-corrected chi connectivity index (χ4v) is 4.81. The van der Waals surface area contributed by atoms with Crippen LogP contribution in [0.3, 0.4) is 0 Å². The first-order valence-electron chi connectivity index (χ1n) is 12.1. The molecule has 1 aromatic heterocycles. The van der Waals surface area contributed by atoms with E-state index in [4.69, 9.17) is 4.74 Å². The number of Topliss-reactive ketones (excluding diaryl/α,β-unsaturated/α-hetero) is 1. The fourth-order valence-electron chi connectivity index (χ4n) is 4.81. The lowest BCUT2D eigenvalue weighted by Gasteiger charge is -2.38. The van der Waals surface area contributed by atoms with E-state index < -0.39 is 12.0 Å². The molecule has 36 heavy (non-hydrogen) atoms. The number of aliphatic carboxylic acids is 1. The van der Waals surface area contributed by atoms with E-state index in [0.29, 0.717) is 44.1 Å². The largest absolute Gasteiger partial charge is 0.489 e. The van der Waals surface area contributed by atoms with Crippen molar-refractivity contribution < 1.29 is 19.4 Å². The molecule has 0 amide bonds. The minimum atomic E-state index is -0.870. The lowest BCUT2D eigenvalue weighted by Crippen LogP contribution is -2.49. The lowest BCUT2D eigenvalue weighted by atomic mass is 10.0. The van der Waals surface area contributed by atoms with Gasteiger partial charge >= 0.3 is 5.97 Å². The molecule has 7 nitrogen and oxygen atoms in total. The van der Waals surface area contributed by atoms with E-state index in [1.54, 1.807) is 13.1 Å². The number of nitrogens with one attached hydrogen (secondary N) is 1. The van der Waals surface area contributed by atoms with Crippen LogP contribution in [0, 0.1) is 0 Å². The molecule has 1 aliphatic heterocycles. The molecule has 0 radical (unpaired) electrons. The van der Waals surface area contributed by atoms with Crippen molar-refractivity contribution in [2.75, 3.05) is 31.1 Å². The van der Waals surface area contributed by atoms with Crippen molar-refractivity contribution in [2.24, 2.45) is 0 Å². The molecule has 0 spiro atoms. The Morgan fingerprint density at radius 1 is 0.972 bits per heavy atom. The first kappa shape index (κ1) is 23.6. The number of aromatic nitrogens is 1. The van der Waals surface area contributed by atoms with Crippen LogP contribution in [0.4, 0.5) is 5.69 Å². The lowest BCUT2D eigenvalue weighted by molar-refractivity contribution is -0.143. The zero-order valence-corrected chi connectivity index (χ0v) is 20.2. The van der Waals surface area contributed by atoms with Gasteiger partial charge in [-0.15, -0.1) is 0 Å². The Bertz CT molecular complexity index is 1360. The van der Waals surface area contributed by atoms with Gasteiger partial charge in [0.25, 0.3) is 0 Å². The number of ether oxygens (including phenoxy) is 1. The highest BCUT2D eigenvalue weighted by atomic mass is 16.5. The Morgan fingerprint density at radius 3 is 2.36 bits per heavy atom. The van der Waals surface area contributed by atoms with Crippen LogP contribution in [0.2, 0.25) is 0 Å². The van der Waals surface area contributed by atoms with Gasteiger partial charge in [0.2, 0.25) is 0 Å². The molecule has 5 rings (SSSR count). The zero-order chi connectivity index (χ0) is 25.1. The Hall–Kier alpha value is -4.10. The van der Waals surface area contributed by atoms with Crippen LogP contribution in [0.25, 0.3) is 10.9 Å². The number of carbonyl (C=O) groups excluding carboxylic acids is 1. The number of rotatable bonds is 8. The Balaban J connectivity index is 1.32. The number of aromatic amines is 1. The van der Waals surface area contributed by atoms with Crippen LogP contribution >= 0.6 is 0 Å². The number of carboxylic acid groups (broad SMARTS) is 1. The van der Waals surface area contributed by atoms with Crippen molar-refractivity contribution >= 4 is 28.3 Å². The summed E-state index contributed by atoms with van der Waals surface area (Å²) in [6.07, 6.45) is 1.80. The second kappa shape index (κ2) is 10.3. The highest BCUT2D eigenvalue weighted by molar-refractivity contribution is 5.94. The zero-order valence-electron chi connectivity index (χ0n) is 20.2. The van der Waals surface area contributed by atoms with Gasteiger partial charge in [-0.2, -0.15) is 0 Å². The summed E-state index contributed by atoms with van der Waals surface area (Å²) < 4.78 is 5.99. The molecule has 0 aliphatic carbocycles. The van der Waals surface area contributed by atoms with Crippen molar-refractivity contribution in [3.63, 3.8) is 0 Å². The number of hydrogen-bond donors (Lipinski definition) is 2. The van der Waals surface area contributed by atoms with E-state index in [0.717, 1.165) is 27.7 Å². The Labute approximate surface area is 209 Å². The van der Waals surface area contributed by atoms with Crippen molar-refractivity contribution in [1.29, 1.82) is 0 Å². The third-order valence-electron chi connectivity index (χ3n) is 6.78. The third kappa shape index (κ3) is 4.97. The van der Waals surface area contributed by atoms with E-state index in [1.807, 2.05) is 77.7 Å². The molecule has 0 unspecified atom stereocenters. The van der Waals surface area contributed by atoms with E-state index in [-0.39, 0.29) is 5.78 Å². The maximum atomic E-state index is 12.5. The quantitative estimate of drug-likeness (QED) is 0.347. The molecule has 3 aromatic carbocycles. The molecule has 0 saturated carbocycles. The van der Waals surface area contributed by atoms with Gasteiger partial charge in [-0.3, -0.25) is 14.5 Å². The minimum absolute atomic E-state index is 0.0445. The summed E-state index contributed by atoms with van der Waals surface area (Å²) in [5, 5.41) is 11.1. The summed E-state index contributed by atoms with van der Waals surface area (Å²) >= 11 is 0. The fraction of sp³-hybridized carbons (Fsp3) is 0.241. The maximum Gasteiger partial charge on any atom is 0.325 e. The number of fused-ring (bicyclic) bond motifs is 1. The number of hydrogen-bond acceptors (Lipinski definition) is 5. The van der Waals surface area contributed by atoms with Gasteiger partial charge in [0.1, 0.15) is 18.4 Å². The molecule has 1 atom stereocenters. The van der Waals surface area contributed by atoms with E-state index >= 15 is 0 Å². The van der Waals surface area contributed by atoms with Crippen molar-refractivity contribution in [2.45, 2.75) is 19.6 Å². The van der Waals surface area contributed by atoms with Crippen LogP contribution < -0.4 is 9.64 Å². The summed E-state index contributed by atoms with van der Waals surface area (Å²) in [4.78, 5) is 31.5. The number of piperazine rings is 1. The van der Waals surface area contributed by atoms with Crippen molar-refractivity contribution in [3.8, 4) is 5.75 Å². The van der Waals surface area contributed by atoms with Gasteiger partial charge in [-0.1, -0.05) is 30.3 Å². The second-order valence-corrected chi connectivity index (χ2v) is 9.09. The highest BCUT2D eigenvalue weighted by Crippen LogP contribution is 2.32. The number of carboxylic acids is 1. The number of H-pyrrole nitrogens is 1. The first-order valence-corrected chi connectivity index (χ1v) is 12.1. The maximum absolute atomic E-state index is 12.5. The molecule has 184 valence electrons. The van der Waals surface area contributed by atoms with Crippen molar-refractivity contribution in [1.82, 2.24) is 9.88 Å². The molecular formula is C29H29N3O4. The number of benzene rings is 3. The monoisotopic (exact) mass is 483 g/mol. The SMILES string of the molecule is CC(=O)c1ccc(N2CCN([C@@H](C(=O)O)c3c[nH]c4ccc(OCc5ccccc5)cc34)CC2)cc1. The van der Waals surface area contributed by atoms with Crippen LogP contribution in [0.5, 0.6) is 5.75 Å². The number of nitrogens with zero attached hydrogens (tertiary/aromatic N) is 2. The smallest absolute Gasteiger partial charge is 0.325 e. The standard InChI is InChI=1S/C29H29N3O4/c1-20(33)22-7-9-23(10-8-22)31-13-15-32(16-14-31)28(29(34)35)26-18-30-27-12-11-24(17-25(26)27)36-19-21-5-3-2-4-6-21/h2-12,17-18,28,30H,13-16,19H2,1H3,(H,34,35)/t28-/m1/s1. The van der Waals surface area contributed by atoms with Crippen molar-refractivity contribution in [3.05, 3.63) is 95.7 Å². The highest BCUT2D eigenvalue weighted by Gasteiger charge is 2.32. The molecule has 4 aromatic rings. The molecule has 1 fully saturated rings. The number of ketones is 1. The van der Waals surface area contributed by atoms with Crippen LogP contribution in [0.1, 0.15) is 34.5 Å². The van der Waals surface area contributed by atoms with E-state index in [2.05, 4.69) is 9.88 Å². The van der Waals surface area contributed by atoms with Crippen LogP contribution in [-0.2, 0) is 11.4 Å². The van der Waals surface area contributed by atoms with Crippen LogP contribution in [-0.4, -0.2) is 52.9 Å². The molecule has 7 heteroatoms. The van der Waals surface area contributed by atoms with Gasteiger partial charge in [-0.05, 0) is 55.0 Å². The van der Waals surface area contributed by atoms with Gasteiger partial charge in [0.15, 0.2) is 5.78 Å². The molecule has 1 saturated heterocycles. The van der Waals surface area contributed by atoms with E-state index in [1.165, 1.54) is 0 Å². The normalized spacial score (nSPS) is 15.1. The summed E-state index contributed by atoms with van der Waals surface area (Å²) in [6, 6.07) is 22.5. The number of anilines is 1. The van der Waals surface area contributed by atoms with Gasteiger partial charge in [0.05, 0.1) is 0 Å². The minimum Gasteiger partial charge on any atom is -0.489 e. The molecule has 2 N–H and O–H groups in total. The third-order valence-corrected chi connectivity index (χ3v) is 6.78. The summed E-state index contributed by atoms with van der Waals surface area (Å²) in [6.45, 7) is 4.64. The Kier molecular flexibility index (Phi) is 6.73. The second-order valence-electron chi connectivity index (χ2n) is 9.09. The average Bonchev–Trinajstić information content (AvgIpc) is 3.31. The van der Waals surface area contributed by atoms with Gasteiger partial charge < -0.3 is 19.7 Å². The molecular weight excluding hydrogens is 454 g/mol. The first-order chi connectivity index (χ1) is 17.5. The Morgan fingerprint density at radius 2 is 1.69 bits per heavy atom. The van der Waals surface area contributed by atoms with Crippen LogP contribution in [0.15, 0.2) is 79.0 Å². The predicted molar refractivity (Wildman–Crippen MR) is 140 cm³/mol. The molecule has 0 bridgehead atoms. The predicted octanol–water partition coefficient (Wildman–Crippen LogP) is 4.90. The molecule has 1 aliphatic rings. The van der Waals surface area contributed by atoms with Gasteiger partial charge in [0, 0.05) is 60.1 Å². The summed E-state index contributed by atoms with van der Waals surface area (Å²) in [5.41, 5.74) is 4.42. The average molecular weight is 484 g/mol. The van der Waals surface area contributed by atoms with Gasteiger partial charge in [-0.25, -0.2) is 0 Å². The van der Waals surface area contributed by atoms with E-state index in [9.17, 15) is 14.7 Å². The summed E-state index contributed by atoms with van der Waals surface area (Å²) in [5.74, 6) is -0.121. The number of carbonyl (C=O) groups is 2. The topological polar surface area (TPSA) is 85.9 Å². The molecule has 2 heterocycles.